The largest absolute Gasteiger partial charge is 0.461 e. The van der Waals surface area contributed by atoms with Crippen molar-refractivity contribution < 1.29 is 13.9 Å². The Kier molecular flexibility index (Phi) is 4.11. The Hall–Kier alpha value is -2.17. The first-order chi connectivity index (χ1) is 9.82. The lowest BCUT2D eigenvalue weighted by molar-refractivity contribution is 0.0519. The van der Waals surface area contributed by atoms with E-state index in [4.69, 9.17) is 4.74 Å². The Balaban J connectivity index is 2.52. The smallest absolute Gasteiger partial charge is 0.358 e. The third-order valence-corrected chi connectivity index (χ3v) is 3.03. The van der Waals surface area contributed by atoms with Gasteiger partial charge in [0.1, 0.15) is 5.82 Å². The molecule has 0 aliphatic carbocycles. The molecule has 1 heterocycles. The molecule has 112 valence electrons. The number of rotatable bonds is 3. The third kappa shape index (κ3) is 3.29. The number of carbonyl (C=O) groups is 1. The maximum Gasteiger partial charge on any atom is 0.358 e. The van der Waals surface area contributed by atoms with Gasteiger partial charge in [-0.25, -0.2) is 13.9 Å². The van der Waals surface area contributed by atoms with Gasteiger partial charge in [0.25, 0.3) is 0 Å². The zero-order valence-electron chi connectivity index (χ0n) is 12.7. The number of ether oxygens (including phenoxy) is 1. The van der Waals surface area contributed by atoms with E-state index in [0.717, 1.165) is 5.69 Å². The summed E-state index contributed by atoms with van der Waals surface area (Å²) in [7, 11) is 0. The highest BCUT2D eigenvalue weighted by molar-refractivity contribution is 5.87. The van der Waals surface area contributed by atoms with Crippen LogP contribution in [0.4, 0.5) is 4.39 Å². The van der Waals surface area contributed by atoms with Gasteiger partial charge in [0.2, 0.25) is 0 Å². The Morgan fingerprint density at radius 2 is 1.90 bits per heavy atom. The molecule has 21 heavy (non-hydrogen) atoms. The normalized spacial score (nSPS) is 11.5. The fourth-order valence-corrected chi connectivity index (χ4v) is 2.00. The third-order valence-electron chi connectivity index (χ3n) is 3.03. The predicted molar refractivity (Wildman–Crippen MR) is 78.2 cm³/mol. The molecule has 1 aromatic carbocycles. The zero-order valence-corrected chi connectivity index (χ0v) is 12.7. The molecule has 1 aromatic heterocycles. The average molecular weight is 290 g/mol. The van der Waals surface area contributed by atoms with Gasteiger partial charge < -0.3 is 4.74 Å². The van der Waals surface area contributed by atoms with Crippen LogP contribution >= 0.6 is 0 Å². The molecule has 4 nitrogen and oxygen atoms in total. The highest BCUT2D eigenvalue weighted by Crippen LogP contribution is 2.26. The van der Waals surface area contributed by atoms with Crippen LogP contribution in [0.3, 0.4) is 0 Å². The molecule has 0 amide bonds. The summed E-state index contributed by atoms with van der Waals surface area (Å²) in [4.78, 5) is 11.9. The number of esters is 1. The number of hydrogen-bond acceptors (Lipinski definition) is 3. The minimum Gasteiger partial charge on any atom is -0.461 e. The van der Waals surface area contributed by atoms with E-state index in [0.29, 0.717) is 12.3 Å². The second-order valence-electron chi connectivity index (χ2n) is 5.77. The molecule has 0 atom stereocenters. The summed E-state index contributed by atoms with van der Waals surface area (Å²) in [6, 6.07) is 7.72. The van der Waals surface area contributed by atoms with Crippen molar-refractivity contribution >= 4 is 5.97 Å². The van der Waals surface area contributed by atoms with Crippen LogP contribution in [0.5, 0.6) is 0 Å². The molecule has 0 spiro atoms. The molecule has 0 radical (unpaired) electrons. The summed E-state index contributed by atoms with van der Waals surface area (Å²) in [5, 5.41) is 4.31. The minimum atomic E-state index is -0.455. The highest BCUT2D eigenvalue weighted by atomic mass is 19.1. The second-order valence-corrected chi connectivity index (χ2v) is 5.77. The van der Waals surface area contributed by atoms with E-state index in [1.807, 2.05) is 20.8 Å². The lowest BCUT2D eigenvalue weighted by Crippen LogP contribution is -2.17. The van der Waals surface area contributed by atoms with Crippen LogP contribution in [0.2, 0.25) is 0 Å². The van der Waals surface area contributed by atoms with Gasteiger partial charge in [0.05, 0.1) is 18.0 Å². The molecule has 0 fully saturated rings. The molecule has 0 bridgehead atoms. The fraction of sp³-hybridized carbons (Fsp3) is 0.375. The quantitative estimate of drug-likeness (QED) is 0.813. The van der Waals surface area contributed by atoms with Crippen molar-refractivity contribution in [2.75, 3.05) is 6.61 Å². The van der Waals surface area contributed by atoms with E-state index in [-0.39, 0.29) is 16.9 Å². The summed E-state index contributed by atoms with van der Waals surface area (Å²) in [5.41, 5.74) is 1.60. The van der Waals surface area contributed by atoms with Crippen molar-refractivity contribution in [3.8, 4) is 5.69 Å². The number of halogens is 1. The Labute approximate surface area is 123 Å². The van der Waals surface area contributed by atoms with E-state index >= 15 is 0 Å². The summed E-state index contributed by atoms with van der Waals surface area (Å²) in [6.07, 6.45) is 0. The van der Waals surface area contributed by atoms with E-state index in [2.05, 4.69) is 5.10 Å². The molecule has 0 saturated carbocycles. The van der Waals surface area contributed by atoms with Crippen molar-refractivity contribution in [3.63, 3.8) is 0 Å². The van der Waals surface area contributed by atoms with Gasteiger partial charge in [-0.05, 0) is 37.3 Å². The van der Waals surface area contributed by atoms with Crippen LogP contribution in [0, 0.1) is 5.82 Å². The van der Waals surface area contributed by atoms with Crippen molar-refractivity contribution in [1.29, 1.82) is 0 Å². The topological polar surface area (TPSA) is 44.1 Å². The van der Waals surface area contributed by atoms with Crippen LogP contribution in [0.25, 0.3) is 5.69 Å². The van der Waals surface area contributed by atoms with Gasteiger partial charge in [-0.1, -0.05) is 20.8 Å². The van der Waals surface area contributed by atoms with Crippen molar-refractivity contribution in [2.24, 2.45) is 0 Å². The van der Waals surface area contributed by atoms with Gasteiger partial charge in [0, 0.05) is 5.41 Å². The van der Waals surface area contributed by atoms with E-state index in [9.17, 15) is 9.18 Å². The second kappa shape index (κ2) is 5.68. The number of aromatic nitrogens is 2. The van der Waals surface area contributed by atoms with Gasteiger partial charge in [0.15, 0.2) is 5.69 Å². The van der Waals surface area contributed by atoms with Gasteiger partial charge in [-0.3, -0.25) is 0 Å². The van der Waals surface area contributed by atoms with Gasteiger partial charge in [-0.2, -0.15) is 5.10 Å². The van der Waals surface area contributed by atoms with Gasteiger partial charge >= 0.3 is 5.97 Å². The van der Waals surface area contributed by atoms with Crippen LogP contribution in [0.1, 0.15) is 43.9 Å². The number of carbonyl (C=O) groups excluding carboxylic acids is 1. The Morgan fingerprint density at radius 3 is 2.43 bits per heavy atom. The van der Waals surface area contributed by atoms with Crippen LogP contribution in [-0.2, 0) is 10.2 Å². The molecule has 0 saturated heterocycles. The molecular weight excluding hydrogens is 271 g/mol. The first-order valence-corrected chi connectivity index (χ1v) is 6.86. The van der Waals surface area contributed by atoms with Crippen molar-refractivity contribution in [1.82, 2.24) is 9.78 Å². The van der Waals surface area contributed by atoms with Gasteiger partial charge in [-0.15, -0.1) is 0 Å². The molecule has 2 rings (SSSR count). The van der Waals surface area contributed by atoms with Crippen molar-refractivity contribution in [3.05, 3.63) is 47.5 Å². The van der Waals surface area contributed by atoms with E-state index in [1.165, 1.54) is 12.1 Å². The summed E-state index contributed by atoms with van der Waals surface area (Å²) in [6.45, 7) is 8.13. The van der Waals surface area contributed by atoms with E-state index in [1.54, 1.807) is 29.8 Å². The molecule has 0 unspecified atom stereocenters. The lowest BCUT2D eigenvalue weighted by Gasteiger charge is -2.20. The Bertz CT molecular complexity index is 639. The molecule has 2 aromatic rings. The molecule has 0 aliphatic heterocycles. The van der Waals surface area contributed by atoms with E-state index < -0.39 is 5.97 Å². The zero-order chi connectivity index (χ0) is 15.6. The highest BCUT2D eigenvalue weighted by Gasteiger charge is 2.24. The monoisotopic (exact) mass is 290 g/mol. The maximum absolute atomic E-state index is 13.1. The van der Waals surface area contributed by atoms with Crippen LogP contribution in [0.15, 0.2) is 30.3 Å². The molecule has 5 heteroatoms. The predicted octanol–water partition coefficient (Wildman–Crippen LogP) is 3.49. The first-order valence-electron chi connectivity index (χ1n) is 6.86. The number of nitrogens with zero attached hydrogens (tertiary/aromatic N) is 2. The average Bonchev–Trinajstić information content (AvgIpc) is 2.85. The summed E-state index contributed by atoms with van der Waals surface area (Å²) in [5.74, 6) is -0.766. The standard InChI is InChI=1S/C16H19FN2O2/c1-5-21-15(20)13-10-14(16(2,3)4)19(18-13)12-8-6-11(17)7-9-12/h6-10H,5H2,1-4H3. The Morgan fingerprint density at radius 1 is 1.29 bits per heavy atom. The lowest BCUT2D eigenvalue weighted by atomic mass is 9.91. The number of benzene rings is 1. The summed E-state index contributed by atoms with van der Waals surface area (Å²) < 4.78 is 19.7. The van der Waals surface area contributed by atoms with Crippen LogP contribution < -0.4 is 0 Å². The first kappa shape index (κ1) is 15.2. The maximum atomic E-state index is 13.1. The summed E-state index contributed by atoms with van der Waals surface area (Å²) >= 11 is 0. The SMILES string of the molecule is CCOC(=O)c1cc(C(C)(C)C)n(-c2ccc(F)cc2)n1. The minimum absolute atomic E-state index is 0.216. The molecule has 0 N–H and O–H groups in total. The molecular formula is C16H19FN2O2. The van der Waals surface area contributed by atoms with Crippen LogP contribution in [-0.4, -0.2) is 22.4 Å². The molecule has 0 aliphatic rings. The number of hydrogen-bond donors (Lipinski definition) is 0. The van der Waals surface area contributed by atoms with Crippen molar-refractivity contribution in [2.45, 2.75) is 33.1 Å². The fourth-order valence-electron chi connectivity index (χ4n) is 2.00.